The van der Waals surface area contributed by atoms with E-state index in [0.29, 0.717) is 5.13 Å². The van der Waals surface area contributed by atoms with Crippen molar-refractivity contribution in [2.24, 2.45) is 0 Å². The Hall–Kier alpha value is -3.04. The van der Waals surface area contributed by atoms with E-state index in [9.17, 15) is 10.1 Å². The average molecular weight is 334 g/mol. The zero-order valence-electron chi connectivity index (χ0n) is 13.0. The van der Waals surface area contributed by atoms with Crippen LogP contribution in [0.4, 0.5) is 5.13 Å². The van der Waals surface area contributed by atoms with Crippen LogP contribution in [0.2, 0.25) is 0 Å². The Morgan fingerprint density at radius 1 is 1.25 bits per heavy atom. The Morgan fingerprint density at radius 2 is 2.04 bits per heavy atom. The van der Waals surface area contributed by atoms with Crippen LogP contribution in [0.1, 0.15) is 17.5 Å². The van der Waals surface area contributed by atoms with Gasteiger partial charge in [0, 0.05) is 0 Å². The van der Waals surface area contributed by atoms with Crippen LogP contribution >= 0.6 is 11.3 Å². The molecule has 1 N–H and O–H groups in total. The van der Waals surface area contributed by atoms with Crippen molar-refractivity contribution in [3.8, 4) is 6.07 Å². The molecule has 1 aromatic heterocycles. The molecule has 0 bridgehead atoms. The summed E-state index contributed by atoms with van der Waals surface area (Å²) in [6, 6.07) is 15.7. The highest BCUT2D eigenvalue weighted by Gasteiger charge is 2.12. The molecule has 3 aromatic rings. The van der Waals surface area contributed by atoms with Gasteiger partial charge >= 0.3 is 0 Å². The number of rotatable bonds is 4. The van der Waals surface area contributed by atoms with Gasteiger partial charge < -0.3 is 0 Å². The molecular formula is C18H14N4OS. The number of amides is 1. The van der Waals surface area contributed by atoms with Crippen molar-refractivity contribution < 1.29 is 4.79 Å². The van der Waals surface area contributed by atoms with Gasteiger partial charge in [-0.25, -0.2) is 0 Å². The van der Waals surface area contributed by atoms with Crippen LogP contribution in [-0.4, -0.2) is 16.1 Å². The minimum atomic E-state index is -0.482. The molecule has 1 amide bonds. The highest BCUT2D eigenvalue weighted by molar-refractivity contribution is 7.15. The van der Waals surface area contributed by atoms with Crippen molar-refractivity contribution in [3.63, 3.8) is 0 Å². The summed E-state index contributed by atoms with van der Waals surface area (Å²) in [6.45, 7) is 1.96. The minimum Gasteiger partial charge on any atom is -0.296 e. The van der Waals surface area contributed by atoms with Gasteiger partial charge in [0.25, 0.3) is 5.91 Å². The van der Waals surface area contributed by atoms with E-state index in [0.717, 1.165) is 27.8 Å². The van der Waals surface area contributed by atoms with E-state index in [1.165, 1.54) is 11.3 Å². The first-order chi connectivity index (χ1) is 11.7. The highest BCUT2D eigenvalue weighted by atomic mass is 32.1. The molecule has 0 saturated heterocycles. The van der Waals surface area contributed by atoms with Crippen molar-refractivity contribution in [1.82, 2.24) is 10.2 Å². The van der Waals surface area contributed by atoms with Gasteiger partial charge in [0.2, 0.25) is 5.13 Å². The average Bonchev–Trinajstić information content (AvgIpc) is 3.07. The lowest BCUT2D eigenvalue weighted by Crippen LogP contribution is -2.13. The van der Waals surface area contributed by atoms with E-state index in [-0.39, 0.29) is 5.57 Å². The highest BCUT2D eigenvalue weighted by Crippen LogP contribution is 2.19. The van der Waals surface area contributed by atoms with Crippen LogP contribution in [0.3, 0.4) is 0 Å². The van der Waals surface area contributed by atoms with Crippen LogP contribution in [-0.2, 0) is 11.2 Å². The smallest absolute Gasteiger partial charge is 0.268 e. The van der Waals surface area contributed by atoms with Gasteiger partial charge in [-0.15, -0.1) is 10.2 Å². The molecule has 0 aliphatic rings. The molecule has 0 aliphatic carbocycles. The van der Waals surface area contributed by atoms with Gasteiger partial charge in [-0.3, -0.25) is 10.1 Å². The summed E-state index contributed by atoms with van der Waals surface area (Å²) in [5.74, 6) is -0.482. The molecule has 118 valence electrons. The van der Waals surface area contributed by atoms with Crippen LogP contribution in [0.5, 0.6) is 0 Å². The van der Waals surface area contributed by atoms with Crippen LogP contribution < -0.4 is 5.32 Å². The molecule has 0 aliphatic heterocycles. The van der Waals surface area contributed by atoms with Gasteiger partial charge in [-0.05, 0) is 34.9 Å². The third-order valence-electron chi connectivity index (χ3n) is 3.44. The third kappa shape index (κ3) is 3.47. The van der Waals surface area contributed by atoms with E-state index in [1.807, 2.05) is 55.5 Å². The van der Waals surface area contributed by atoms with Crippen molar-refractivity contribution in [1.29, 1.82) is 5.26 Å². The Bertz CT molecular complexity index is 968. The summed E-state index contributed by atoms with van der Waals surface area (Å²) in [4.78, 5) is 12.2. The summed E-state index contributed by atoms with van der Waals surface area (Å²) in [6.07, 6.45) is 2.33. The number of nitrogens with one attached hydrogen (secondary N) is 1. The summed E-state index contributed by atoms with van der Waals surface area (Å²) in [7, 11) is 0. The molecule has 0 radical (unpaired) electrons. The molecule has 3 rings (SSSR count). The molecule has 1 heterocycles. The first kappa shape index (κ1) is 15.8. The summed E-state index contributed by atoms with van der Waals surface area (Å²) >= 11 is 1.31. The van der Waals surface area contributed by atoms with Gasteiger partial charge in [-0.2, -0.15) is 5.26 Å². The summed E-state index contributed by atoms with van der Waals surface area (Å²) in [5, 5.41) is 23.1. The number of hydrogen-bond donors (Lipinski definition) is 1. The predicted octanol–water partition coefficient (Wildman–Crippen LogP) is 3.80. The van der Waals surface area contributed by atoms with Crippen LogP contribution in [0, 0.1) is 11.3 Å². The molecular weight excluding hydrogens is 320 g/mol. The predicted molar refractivity (Wildman–Crippen MR) is 95.5 cm³/mol. The fourth-order valence-corrected chi connectivity index (χ4v) is 2.90. The van der Waals surface area contributed by atoms with Crippen LogP contribution in [0.25, 0.3) is 16.8 Å². The number of nitrogens with zero attached hydrogens (tertiary/aromatic N) is 3. The van der Waals surface area contributed by atoms with E-state index >= 15 is 0 Å². The Morgan fingerprint density at radius 3 is 2.75 bits per heavy atom. The normalized spacial score (nSPS) is 11.2. The van der Waals surface area contributed by atoms with Crippen molar-refractivity contribution in [2.45, 2.75) is 13.3 Å². The number of fused-ring (bicyclic) bond motifs is 1. The molecule has 0 unspecified atom stereocenters. The molecule has 2 aromatic carbocycles. The van der Waals surface area contributed by atoms with Crippen LogP contribution in [0.15, 0.2) is 48.0 Å². The quantitative estimate of drug-likeness (QED) is 0.581. The number of aromatic nitrogens is 2. The monoisotopic (exact) mass is 334 g/mol. The van der Waals surface area contributed by atoms with E-state index in [1.54, 1.807) is 6.08 Å². The van der Waals surface area contributed by atoms with E-state index < -0.39 is 5.91 Å². The van der Waals surface area contributed by atoms with Crippen molar-refractivity contribution in [2.75, 3.05) is 5.32 Å². The summed E-state index contributed by atoms with van der Waals surface area (Å²) in [5.41, 5.74) is 0.824. The molecule has 0 fully saturated rings. The largest absolute Gasteiger partial charge is 0.296 e. The number of nitriles is 1. The topological polar surface area (TPSA) is 78.7 Å². The zero-order valence-corrected chi connectivity index (χ0v) is 13.8. The lowest BCUT2D eigenvalue weighted by molar-refractivity contribution is -0.112. The molecule has 0 spiro atoms. The van der Waals surface area contributed by atoms with Gasteiger partial charge in [-0.1, -0.05) is 54.7 Å². The number of benzene rings is 2. The fourth-order valence-electron chi connectivity index (χ4n) is 2.22. The molecule has 5 nitrogen and oxygen atoms in total. The van der Waals surface area contributed by atoms with Gasteiger partial charge in [0.1, 0.15) is 16.6 Å². The SMILES string of the molecule is CCc1nnc(NC(=O)/C(C#N)=C/c2ccc3ccccc3c2)s1. The molecule has 0 saturated carbocycles. The van der Waals surface area contributed by atoms with Crippen molar-refractivity contribution >= 4 is 39.2 Å². The molecule has 24 heavy (non-hydrogen) atoms. The second kappa shape index (κ2) is 7.02. The van der Waals surface area contributed by atoms with E-state index in [2.05, 4.69) is 15.5 Å². The van der Waals surface area contributed by atoms with Gasteiger partial charge in [0.05, 0.1) is 0 Å². The fraction of sp³-hybridized carbons (Fsp3) is 0.111. The number of carbonyl (C=O) groups excluding carboxylic acids is 1. The number of anilines is 1. The van der Waals surface area contributed by atoms with Crippen molar-refractivity contribution in [3.05, 3.63) is 58.6 Å². The number of carbonyl (C=O) groups is 1. The standard InChI is InChI=1S/C18H14N4OS/c1-2-16-21-22-18(24-16)20-17(23)15(11-19)10-12-7-8-13-5-3-4-6-14(13)9-12/h3-10H,2H2,1H3,(H,20,22,23)/b15-10+. The van der Waals surface area contributed by atoms with Gasteiger partial charge in [0.15, 0.2) is 0 Å². The molecule has 6 heteroatoms. The number of hydrogen-bond acceptors (Lipinski definition) is 5. The Kier molecular flexibility index (Phi) is 4.64. The maximum atomic E-state index is 12.2. The maximum Gasteiger partial charge on any atom is 0.268 e. The Balaban J connectivity index is 1.84. The zero-order chi connectivity index (χ0) is 16.9. The first-order valence-electron chi connectivity index (χ1n) is 7.44. The second-order valence-electron chi connectivity index (χ2n) is 5.09. The number of aryl methyl sites for hydroxylation is 1. The van der Waals surface area contributed by atoms with E-state index in [4.69, 9.17) is 0 Å². The lowest BCUT2D eigenvalue weighted by Gasteiger charge is -2.02. The molecule has 0 atom stereocenters. The maximum absolute atomic E-state index is 12.2. The minimum absolute atomic E-state index is 0.0264. The Labute approximate surface area is 143 Å². The second-order valence-corrected chi connectivity index (χ2v) is 6.15. The first-order valence-corrected chi connectivity index (χ1v) is 8.25. The third-order valence-corrected chi connectivity index (χ3v) is 4.42. The summed E-state index contributed by atoms with van der Waals surface area (Å²) < 4.78 is 0. The lowest BCUT2D eigenvalue weighted by atomic mass is 10.1.